The molecule has 0 aromatic carbocycles. The van der Waals surface area contributed by atoms with Gasteiger partial charge in [0.1, 0.15) is 0 Å². The lowest BCUT2D eigenvalue weighted by molar-refractivity contribution is 0.791. The average molecular weight is 138 g/mol. The lowest BCUT2D eigenvalue weighted by Gasteiger charge is -1.93. The van der Waals surface area contributed by atoms with E-state index in [0.29, 0.717) is 0 Å². The second-order valence-corrected chi connectivity index (χ2v) is 2.60. The molecule has 1 heterocycles. The van der Waals surface area contributed by atoms with Gasteiger partial charge < -0.3 is 0 Å². The third-order valence-corrected chi connectivity index (χ3v) is 1.74. The third kappa shape index (κ3) is 1.59. The van der Waals surface area contributed by atoms with Gasteiger partial charge in [-0.05, 0) is 25.3 Å². The summed E-state index contributed by atoms with van der Waals surface area (Å²) in [6.07, 6.45) is 5.68. The van der Waals surface area contributed by atoms with Crippen molar-refractivity contribution in [2.24, 2.45) is 0 Å². The Kier molecular flexibility index (Phi) is 2.49. The second-order valence-electron chi connectivity index (χ2n) is 2.60. The summed E-state index contributed by atoms with van der Waals surface area (Å²) in [5, 5.41) is 6.90. The van der Waals surface area contributed by atoms with Gasteiger partial charge in [0.05, 0.1) is 5.69 Å². The smallest absolute Gasteiger partial charge is 0.0623 e. The summed E-state index contributed by atoms with van der Waals surface area (Å²) in [6.45, 7) is 4.25. The zero-order chi connectivity index (χ0) is 7.40. The quantitative estimate of drug-likeness (QED) is 0.680. The van der Waals surface area contributed by atoms with E-state index in [1.54, 1.807) is 0 Å². The number of nitrogens with zero attached hydrogens (tertiary/aromatic N) is 1. The number of unbranched alkanes of at least 4 members (excludes halogenated alkanes) is 1. The first-order valence-corrected chi connectivity index (χ1v) is 3.84. The first-order valence-electron chi connectivity index (χ1n) is 3.84. The van der Waals surface area contributed by atoms with Gasteiger partial charge in [-0.3, -0.25) is 5.10 Å². The Labute approximate surface area is 61.7 Å². The summed E-state index contributed by atoms with van der Waals surface area (Å²) in [7, 11) is 0. The summed E-state index contributed by atoms with van der Waals surface area (Å²) in [5.41, 5.74) is 2.51. The molecule has 0 aliphatic heterocycles. The molecule has 0 bridgehead atoms. The fraction of sp³-hybridized carbons (Fsp3) is 0.625. The molecule has 0 spiro atoms. The molecule has 0 aliphatic carbocycles. The van der Waals surface area contributed by atoms with Crippen molar-refractivity contribution in [3.63, 3.8) is 0 Å². The molecule has 0 atom stereocenters. The fourth-order valence-electron chi connectivity index (χ4n) is 1.00. The Morgan fingerprint density at radius 2 is 2.40 bits per heavy atom. The minimum atomic E-state index is 1.15. The van der Waals surface area contributed by atoms with Gasteiger partial charge in [-0.15, -0.1) is 0 Å². The van der Waals surface area contributed by atoms with E-state index in [9.17, 15) is 0 Å². The van der Waals surface area contributed by atoms with Crippen LogP contribution in [0.3, 0.4) is 0 Å². The van der Waals surface area contributed by atoms with Crippen LogP contribution in [0.25, 0.3) is 0 Å². The number of H-pyrrole nitrogens is 1. The van der Waals surface area contributed by atoms with E-state index in [1.165, 1.54) is 24.8 Å². The van der Waals surface area contributed by atoms with Crippen LogP contribution in [0.4, 0.5) is 0 Å². The molecule has 10 heavy (non-hydrogen) atoms. The van der Waals surface area contributed by atoms with Gasteiger partial charge in [-0.2, -0.15) is 5.10 Å². The summed E-state index contributed by atoms with van der Waals surface area (Å²) >= 11 is 0. The Hall–Kier alpha value is -0.790. The summed E-state index contributed by atoms with van der Waals surface area (Å²) < 4.78 is 0. The van der Waals surface area contributed by atoms with Crippen LogP contribution >= 0.6 is 0 Å². The lowest BCUT2D eigenvalue weighted by atomic mass is 10.1. The van der Waals surface area contributed by atoms with E-state index in [2.05, 4.69) is 17.1 Å². The molecule has 2 nitrogen and oxygen atoms in total. The van der Waals surface area contributed by atoms with Crippen LogP contribution in [0.5, 0.6) is 0 Å². The monoisotopic (exact) mass is 138 g/mol. The normalized spacial score (nSPS) is 10.2. The molecule has 0 amide bonds. The molecular weight excluding hydrogens is 124 g/mol. The SMILES string of the molecule is CCCCc1c[nH]nc1C. The minimum absolute atomic E-state index is 1.15. The van der Waals surface area contributed by atoms with Crippen LogP contribution < -0.4 is 0 Å². The highest BCUT2D eigenvalue weighted by atomic mass is 15.1. The van der Waals surface area contributed by atoms with E-state index in [-0.39, 0.29) is 0 Å². The van der Waals surface area contributed by atoms with Gasteiger partial charge in [0.15, 0.2) is 0 Å². The highest BCUT2D eigenvalue weighted by molar-refractivity contribution is 5.13. The van der Waals surface area contributed by atoms with E-state index in [4.69, 9.17) is 0 Å². The Bertz CT molecular complexity index is 191. The summed E-state index contributed by atoms with van der Waals surface area (Å²) in [5.74, 6) is 0. The molecule has 0 saturated heterocycles. The topological polar surface area (TPSA) is 28.7 Å². The molecule has 1 N–H and O–H groups in total. The number of hydrogen-bond acceptors (Lipinski definition) is 1. The maximum atomic E-state index is 4.04. The molecule has 1 aromatic rings. The van der Waals surface area contributed by atoms with E-state index in [0.717, 1.165) is 5.69 Å². The number of aryl methyl sites for hydroxylation is 2. The molecule has 1 rings (SSSR count). The minimum Gasteiger partial charge on any atom is -0.285 e. The van der Waals surface area contributed by atoms with Crippen LogP contribution in [0, 0.1) is 6.92 Å². The molecule has 2 heteroatoms. The zero-order valence-corrected chi connectivity index (χ0v) is 6.65. The zero-order valence-electron chi connectivity index (χ0n) is 6.65. The van der Waals surface area contributed by atoms with Crippen molar-refractivity contribution in [1.82, 2.24) is 10.2 Å². The maximum absolute atomic E-state index is 4.04. The van der Waals surface area contributed by atoms with Crippen molar-refractivity contribution in [2.45, 2.75) is 33.1 Å². The highest BCUT2D eigenvalue weighted by Crippen LogP contribution is 2.06. The molecule has 1 aromatic heterocycles. The van der Waals surface area contributed by atoms with E-state index in [1.807, 2.05) is 13.1 Å². The van der Waals surface area contributed by atoms with Crippen molar-refractivity contribution >= 4 is 0 Å². The Morgan fingerprint density at radius 1 is 1.60 bits per heavy atom. The Balaban J connectivity index is 2.49. The van der Waals surface area contributed by atoms with Gasteiger partial charge in [0.25, 0.3) is 0 Å². The van der Waals surface area contributed by atoms with Crippen LogP contribution in [0.2, 0.25) is 0 Å². The predicted octanol–water partition coefficient (Wildman–Crippen LogP) is 2.06. The van der Waals surface area contributed by atoms with Crippen molar-refractivity contribution in [3.05, 3.63) is 17.5 Å². The number of aromatic nitrogens is 2. The summed E-state index contributed by atoms with van der Waals surface area (Å²) in [6, 6.07) is 0. The van der Waals surface area contributed by atoms with Gasteiger partial charge in [0, 0.05) is 6.20 Å². The molecule has 0 saturated carbocycles. The standard InChI is InChI=1S/C8H14N2/c1-3-4-5-8-6-9-10-7(8)2/h6H,3-5H2,1-2H3,(H,9,10). The second kappa shape index (κ2) is 3.40. The molecule has 0 fully saturated rings. The maximum Gasteiger partial charge on any atom is 0.0623 e. The van der Waals surface area contributed by atoms with Crippen LogP contribution in [-0.2, 0) is 6.42 Å². The van der Waals surface area contributed by atoms with Crippen LogP contribution in [0.1, 0.15) is 31.0 Å². The number of nitrogens with one attached hydrogen (secondary N) is 1. The van der Waals surface area contributed by atoms with Gasteiger partial charge in [-0.1, -0.05) is 13.3 Å². The van der Waals surface area contributed by atoms with Gasteiger partial charge in [-0.25, -0.2) is 0 Å². The van der Waals surface area contributed by atoms with Crippen molar-refractivity contribution in [1.29, 1.82) is 0 Å². The molecule has 0 unspecified atom stereocenters. The number of hydrogen-bond donors (Lipinski definition) is 1. The van der Waals surface area contributed by atoms with Crippen LogP contribution in [-0.4, -0.2) is 10.2 Å². The van der Waals surface area contributed by atoms with Gasteiger partial charge >= 0.3 is 0 Å². The largest absolute Gasteiger partial charge is 0.285 e. The highest BCUT2D eigenvalue weighted by Gasteiger charge is 1.97. The average Bonchev–Trinajstić information content (AvgIpc) is 2.31. The molecule has 0 aliphatic rings. The first kappa shape index (κ1) is 7.32. The number of rotatable bonds is 3. The van der Waals surface area contributed by atoms with E-state index < -0.39 is 0 Å². The van der Waals surface area contributed by atoms with Crippen LogP contribution in [0.15, 0.2) is 6.20 Å². The van der Waals surface area contributed by atoms with Crippen molar-refractivity contribution in [2.75, 3.05) is 0 Å². The Morgan fingerprint density at radius 3 is 2.90 bits per heavy atom. The fourth-order valence-corrected chi connectivity index (χ4v) is 1.00. The number of aromatic amines is 1. The van der Waals surface area contributed by atoms with E-state index >= 15 is 0 Å². The lowest BCUT2D eigenvalue weighted by Crippen LogP contribution is -1.84. The first-order chi connectivity index (χ1) is 4.84. The summed E-state index contributed by atoms with van der Waals surface area (Å²) in [4.78, 5) is 0. The molecule has 0 radical (unpaired) electrons. The molecule has 56 valence electrons. The van der Waals surface area contributed by atoms with Gasteiger partial charge in [0.2, 0.25) is 0 Å². The van der Waals surface area contributed by atoms with Crippen molar-refractivity contribution < 1.29 is 0 Å². The van der Waals surface area contributed by atoms with Crippen molar-refractivity contribution in [3.8, 4) is 0 Å². The molecular formula is C8H14N2. The predicted molar refractivity (Wildman–Crippen MR) is 41.9 cm³/mol. The third-order valence-electron chi connectivity index (χ3n) is 1.74.